The Morgan fingerprint density at radius 1 is 1.16 bits per heavy atom. The van der Waals surface area contributed by atoms with Gasteiger partial charge in [0.1, 0.15) is 17.7 Å². The van der Waals surface area contributed by atoms with Crippen LogP contribution in [0.15, 0.2) is 72.1 Å². The van der Waals surface area contributed by atoms with Gasteiger partial charge in [0.05, 0.1) is 22.9 Å². The fourth-order valence-electron chi connectivity index (χ4n) is 3.36. The highest BCUT2D eigenvalue weighted by atomic mass is 32.2. The molecule has 31 heavy (non-hydrogen) atoms. The molecule has 4 aromatic rings. The van der Waals surface area contributed by atoms with Crippen LogP contribution >= 0.6 is 11.8 Å². The number of benzene rings is 2. The van der Waals surface area contributed by atoms with Gasteiger partial charge < -0.3 is 9.88 Å². The normalized spacial score (nSPS) is 12.1. The van der Waals surface area contributed by atoms with Crippen LogP contribution in [0.3, 0.4) is 0 Å². The van der Waals surface area contributed by atoms with Crippen molar-refractivity contribution in [1.29, 1.82) is 0 Å². The van der Waals surface area contributed by atoms with Crippen molar-refractivity contribution in [2.45, 2.75) is 30.3 Å². The number of fused-ring (bicyclic) bond motifs is 1. The van der Waals surface area contributed by atoms with E-state index < -0.39 is 11.9 Å². The Labute approximate surface area is 182 Å². The van der Waals surface area contributed by atoms with Crippen molar-refractivity contribution in [1.82, 2.24) is 14.5 Å². The summed E-state index contributed by atoms with van der Waals surface area (Å²) in [4.78, 5) is 21.9. The van der Waals surface area contributed by atoms with Gasteiger partial charge in [0.2, 0.25) is 5.91 Å². The highest BCUT2D eigenvalue weighted by Crippen LogP contribution is 2.31. The molecule has 0 aliphatic heterocycles. The van der Waals surface area contributed by atoms with Crippen molar-refractivity contribution < 1.29 is 13.6 Å². The average Bonchev–Trinajstić information content (AvgIpc) is 3.13. The zero-order valence-electron chi connectivity index (χ0n) is 16.8. The number of amides is 1. The zero-order valence-corrected chi connectivity index (χ0v) is 17.6. The topological polar surface area (TPSA) is 59.8 Å². The predicted octanol–water partition coefficient (Wildman–Crippen LogP) is 5.59. The largest absolute Gasteiger partial charge is 0.322 e. The standard InChI is InChI=1S/C23H20F2N4OS/c1-2-20(22(30)27-18-9-4-3-8-17(18)25)29-21-13-26-11-10-19(21)28-23(29)31-14-15-6-5-7-16(24)12-15/h3-13,20H,2,14H2,1H3,(H,27,30). The summed E-state index contributed by atoms with van der Waals surface area (Å²) in [6.07, 6.45) is 3.77. The van der Waals surface area contributed by atoms with Crippen LogP contribution in [0.4, 0.5) is 14.5 Å². The van der Waals surface area contributed by atoms with E-state index in [9.17, 15) is 13.6 Å². The zero-order chi connectivity index (χ0) is 21.8. The molecule has 0 saturated carbocycles. The Morgan fingerprint density at radius 2 is 2.00 bits per heavy atom. The second-order valence-corrected chi connectivity index (χ2v) is 7.88. The molecular weight excluding hydrogens is 418 g/mol. The number of carbonyl (C=O) groups is 1. The first-order chi connectivity index (χ1) is 15.1. The molecule has 0 fully saturated rings. The number of anilines is 1. The summed E-state index contributed by atoms with van der Waals surface area (Å²) in [5.41, 5.74) is 2.35. The van der Waals surface area contributed by atoms with Crippen LogP contribution in [-0.2, 0) is 10.5 Å². The molecular formula is C23H20F2N4OS. The summed E-state index contributed by atoms with van der Waals surface area (Å²) in [6.45, 7) is 1.88. The lowest BCUT2D eigenvalue weighted by Crippen LogP contribution is -2.26. The van der Waals surface area contributed by atoms with Gasteiger partial charge in [-0.05, 0) is 42.3 Å². The molecule has 1 unspecified atom stereocenters. The van der Waals surface area contributed by atoms with E-state index >= 15 is 0 Å². The highest BCUT2D eigenvalue weighted by molar-refractivity contribution is 7.98. The fourth-order valence-corrected chi connectivity index (χ4v) is 4.36. The first kappa shape index (κ1) is 21.0. The molecule has 1 atom stereocenters. The van der Waals surface area contributed by atoms with Crippen molar-refractivity contribution in [3.8, 4) is 0 Å². The van der Waals surface area contributed by atoms with E-state index in [0.717, 1.165) is 5.56 Å². The Balaban J connectivity index is 1.67. The van der Waals surface area contributed by atoms with E-state index in [1.54, 1.807) is 36.7 Å². The molecule has 158 valence electrons. The van der Waals surface area contributed by atoms with E-state index in [2.05, 4.69) is 15.3 Å². The second-order valence-electron chi connectivity index (χ2n) is 6.94. The van der Waals surface area contributed by atoms with Gasteiger partial charge in [0.25, 0.3) is 0 Å². The molecule has 0 aliphatic carbocycles. The molecule has 2 aromatic heterocycles. The van der Waals surface area contributed by atoms with Gasteiger partial charge in [-0.25, -0.2) is 13.8 Å². The molecule has 5 nitrogen and oxygen atoms in total. The lowest BCUT2D eigenvalue weighted by Gasteiger charge is -2.20. The third-order valence-electron chi connectivity index (χ3n) is 4.85. The second kappa shape index (κ2) is 9.26. The third kappa shape index (κ3) is 4.59. The number of rotatable bonds is 7. The summed E-state index contributed by atoms with van der Waals surface area (Å²) in [7, 11) is 0. The molecule has 0 saturated heterocycles. The maximum Gasteiger partial charge on any atom is 0.247 e. The van der Waals surface area contributed by atoms with Crippen molar-refractivity contribution in [2.24, 2.45) is 0 Å². The minimum absolute atomic E-state index is 0.127. The number of halogens is 2. The number of carbonyl (C=O) groups excluding carboxylic acids is 1. The van der Waals surface area contributed by atoms with Gasteiger partial charge in [0.15, 0.2) is 5.16 Å². The summed E-state index contributed by atoms with van der Waals surface area (Å²) >= 11 is 1.41. The first-order valence-corrected chi connectivity index (χ1v) is 10.8. The first-order valence-electron chi connectivity index (χ1n) is 9.81. The summed E-state index contributed by atoms with van der Waals surface area (Å²) in [5.74, 6) is -0.654. The molecule has 0 bridgehead atoms. The molecule has 0 aliphatic rings. The van der Waals surface area contributed by atoms with Gasteiger partial charge in [-0.1, -0.05) is 43.0 Å². The van der Waals surface area contributed by atoms with Crippen molar-refractivity contribution in [3.05, 3.63) is 84.2 Å². The van der Waals surface area contributed by atoms with Crippen molar-refractivity contribution in [3.63, 3.8) is 0 Å². The quantitative estimate of drug-likeness (QED) is 0.382. The van der Waals surface area contributed by atoms with E-state index in [-0.39, 0.29) is 17.4 Å². The number of para-hydroxylation sites is 1. The molecule has 8 heteroatoms. The van der Waals surface area contributed by atoms with Crippen LogP contribution in [0.5, 0.6) is 0 Å². The van der Waals surface area contributed by atoms with Gasteiger partial charge in [-0.15, -0.1) is 0 Å². The molecule has 1 amide bonds. The van der Waals surface area contributed by atoms with Crippen LogP contribution in [0.2, 0.25) is 0 Å². The van der Waals surface area contributed by atoms with Crippen LogP contribution in [0.25, 0.3) is 11.0 Å². The maximum atomic E-state index is 14.1. The predicted molar refractivity (Wildman–Crippen MR) is 118 cm³/mol. The molecule has 0 spiro atoms. The number of imidazole rings is 1. The van der Waals surface area contributed by atoms with E-state index in [0.29, 0.717) is 28.4 Å². The lowest BCUT2D eigenvalue weighted by molar-refractivity contribution is -0.119. The smallest absolute Gasteiger partial charge is 0.247 e. The van der Waals surface area contributed by atoms with Crippen LogP contribution in [-0.4, -0.2) is 20.4 Å². The van der Waals surface area contributed by atoms with Crippen LogP contribution in [0, 0.1) is 11.6 Å². The fraction of sp³-hybridized carbons (Fsp3) is 0.174. The lowest BCUT2D eigenvalue weighted by atomic mass is 10.2. The maximum absolute atomic E-state index is 14.1. The number of nitrogens with one attached hydrogen (secondary N) is 1. The van der Waals surface area contributed by atoms with Crippen molar-refractivity contribution >= 4 is 34.4 Å². The highest BCUT2D eigenvalue weighted by Gasteiger charge is 2.25. The SMILES string of the molecule is CCC(C(=O)Nc1ccccc1F)n1c(SCc2cccc(F)c2)nc2ccncc21. The number of thioether (sulfide) groups is 1. The summed E-state index contributed by atoms with van der Waals surface area (Å²) in [5, 5.41) is 3.29. The Morgan fingerprint density at radius 3 is 2.77 bits per heavy atom. The number of hydrogen-bond acceptors (Lipinski definition) is 4. The summed E-state index contributed by atoms with van der Waals surface area (Å²) < 4.78 is 29.4. The minimum Gasteiger partial charge on any atom is -0.322 e. The molecule has 2 aromatic carbocycles. The van der Waals surface area contributed by atoms with E-state index in [1.807, 2.05) is 17.6 Å². The number of hydrogen-bond donors (Lipinski definition) is 1. The van der Waals surface area contributed by atoms with E-state index in [1.165, 1.54) is 36.0 Å². The van der Waals surface area contributed by atoms with Gasteiger partial charge in [-0.3, -0.25) is 9.78 Å². The molecule has 0 radical (unpaired) electrons. The third-order valence-corrected chi connectivity index (χ3v) is 5.87. The van der Waals surface area contributed by atoms with Crippen LogP contribution < -0.4 is 5.32 Å². The van der Waals surface area contributed by atoms with Gasteiger partial charge >= 0.3 is 0 Å². The van der Waals surface area contributed by atoms with Crippen LogP contribution in [0.1, 0.15) is 24.9 Å². The Kier molecular flexibility index (Phi) is 6.27. The molecule has 1 N–H and O–H groups in total. The average molecular weight is 439 g/mol. The minimum atomic E-state index is -0.621. The van der Waals surface area contributed by atoms with Gasteiger partial charge in [-0.2, -0.15) is 0 Å². The molecule has 2 heterocycles. The Bertz CT molecular complexity index is 1230. The molecule has 4 rings (SSSR count). The summed E-state index contributed by atoms with van der Waals surface area (Å²) in [6, 6.07) is 13.6. The van der Waals surface area contributed by atoms with Gasteiger partial charge in [0, 0.05) is 11.9 Å². The van der Waals surface area contributed by atoms with Crippen molar-refractivity contribution in [2.75, 3.05) is 5.32 Å². The van der Waals surface area contributed by atoms with E-state index in [4.69, 9.17) is 0 Å². The monoisotopic (exact) mass is 438 g/mol. The Hall–Kier alpha value is -3.26. The number of pyridine rings is 1. The number of aromatic nitrogens is 3. The number of nitrogens with zero attached hydrogens (tertiary/aromatic N) is 3.